The summed E-state index contributed by atoms with van der Waals surface area (Å²) >= 11 is 10.4. The van der Waals surface area contributed by atoms with E-state index >= 15 is 4.79 Å². The molecule has 0 aliphatic carbocycles. The van der Waals surface area contributed by atoms with Gasteiger partial charge in [-0.15, -0.1) is 13.2 Å². The number of anilines is 1. The van der Waals surface area contributed by atoms with Gasteiger partial charge in [-0.3, -0.25) is 19.2 Å². The molecule has 3 aliphatic heterocycles. The highest BCUT2D eigenvalue weighted by atomic mass is 79.9. The van der Waals surface area contributed by atoms with Crippen molar-refractivity contribution in [2.24, 2.45) is 17.8 Å². The van der Waals surface area contributed by atoms with Crippen LogP contribution in [0.1, 0.15) is 51.2 Å². The molecule has 3 saturated heterocycles. The summed E-state index contributed by atoms with van der Waals surface area (Å²) in [6, 6.07) is 13.2. The van der Waals surface area contributed by atoms with Crippen LogP contribution in [-0.4, -0.2) is 95.2 Å². The number of nitrogens with one attached hydrogen (secondary N) is 1. The summed E-state index contributed by atoms with van der Waals surface area (Å²) in [4.78, 5) is 60.1. The Kier molecular flexibility index (Phi) is 13.6. The molecule has 0 aromatic heterocycles. The molecule has 9 atom stereocenters. The van der Waals surface area contributed by atoms with E-state index in [4.69, 9.17) is 25.8 Å². The van der Waals surface area contributed by atoms with Crippen molar-refractivity contribution in [3.05, 3.63) is 90.5 Å². The number of methoxy groups -OCH3 is 1. The normalized spacial score (nSPS) is 26.1. The van der Waals surface area contributed by atoms with E-state index in [9.17, 15) is 19.5 Å². The fraction of sp³-hybridized carbons (Fsp3) is 0.500. The van der Waals surface area contributed by atoms with Crippen LogP contribution in [-0.2, 0) is 33.4 Å². The zero-order chi connectivity index (χ0) is 38.4. The smallest absolute Gasteiger partial charge is 0.313 e. The molecule has 11 nitrogen and oxygen atoms in total. The summed E-state index contributed by atoms with van der Waals surface area (Å²) in [5.74, 6) is -4.05. The van der Waals surface area contributed by atoms with Crippen LogP contribution in [0.2, 0.25) is 5.02 Å². The molecule has 3 amide bonds. The highest BCUT2D eigenvalue weighted by Crippen LogP contribution is 2.61. The van der Waals surface area contributed by atoms with Crippen LogP contribution in [0.3, 0.4) is 0 Å². The lowest BCUT2D eigenvalue weighted by Crippen LogP contribution is -2.59. The van der Waals surface area contributed by atoms with Gasteiger partial charge in [0.15, 0.2) is 0 Å². The average molecular weight is 815 g/mol. The lowest BCUT2D eigenvalue weighted by Gasteiger charge is -2.40. The zero-order valence-electron chi connectivity index (χ0n) is 30.4. The highest BCUT2D eigenvalue weighted by molar-refractivity contribution is 9.09. The third kappa shape index (κ3) is 8.12. The second kappa shape index (κ2) is 17.7. The number of ether oxygens (including phenoxy) is 3. The molecule has 53 heavy (non-hydrogen) atoms. The van der Waals surface area contributed by atoms with Gasteiger partial charge in [-0.05, 0) is 42.9 Å². The summed E-state index contributed by atoms with van der Waals surface area (Å²) in [5, 5.41) is 14.0. The Labute approximate surface area is 324 Å². The Morgan fingerprint density at radius 1 is 1.15 bits per heavy atom. The maximum Gasteiger partial charge on any atom is 0.313 e. The summed E-state index contributed by atoms with van der Waals surface area (Å²) in [6.07, 6.45) is 2.73. The third-order valence-electron chi connectivity index (χ3n) is 10.3. The van der Waals surface area contributed by atoms with Crippen LogP contribution in [0.15, 0.2) is 79.9 Å². The second-order valence-corrected chi connectivity index (χ2v) is 15.9. The van der Waals surface area contributed by atoms with Crippen LogP contribution >= 0.6 is 27.5 Å². The van der Waals surface area contributed by atoms with E-state index in [1.807, 2.05) is 19.9 Å². The van der Waals surface area contributed by atoms with E-state index in [1.165, 1.54) is 16.9 Å². The molecular weight excluding hydrogens is 766 g/mol. The molecule has 5 rings (SSSR count). The minimum atomic E-state index is -1.44. The van der Waals surface area contributed by atoms with Gasteiger partial charge in [0.25, 0.3) is 5.91 Å². The fourth-order valence-electron chi connectivity index (χ4n) is 8.21. The van der Waals surface area contributed by atoms with Crippen molar-refractivity contribution in [3.8, 4) is 0 Å². The van der Waals surface area contributed by atoms with E-state index in [2.05, 4.69) is 34.4 Å². The molecule has 1 spiro atoms. The maximum atomic E-state index is 15.0. The molecule has 1 unspecified atom stereocenters. The molecule has 2 aromatic carbocycles. The number of rotatable bonds is 18. The Balaban J connectivity index is 1.57. The first-order valence-electron chi connectivity index (χ1n) is 18.0. The van der Waals surface area contributed by atoms with Gasteiger partial charge in [0.2, 0.25) is 11.8 Å². The molecule has 2 aromatic rings. The number of likely N-dealkylation sites (tertiary alicyclic amines) is 1. The number of aliphatic hydroxyl groups excluding tert-OH is 1. The summed E-state index contributed by atoms with van der Waals surface area (Å²) in [5.41, 5.74) is -0.389. The average Bonchev–Trinajstić information content (AvgIpc) is 3.74. The zero-order valence-corrected chi connectivity index (χ0v) is 32.7. The van der Waals surface area contributed by atoms with Gasteiger partial charge in [0.1, 0.15) is 17.7 Å². The topological polar surface area (TPSA) is 135 Å². The summed E-state index contributed by atoms with van der Waals surface area (Å²) in [7, 11) is 1.49. The quantitative estimate of drug-likeness (QED) is 0.116. The number of alkyl halides is 1. The van der Waals surface area contributed by atoms with Crippen molar-refractivity contribution in [1.82, 2.24) is 10.2 Å². The predicted molar refractivity (Wildman–Crippen MR) is 205 cm³/mol. The Morgan fingerprint density at radius 2 is 1.85 bits per heavy atom. The molecule has 3 aliphatic rings. The van der Waals surface area contributed by atoms with Crippen molar-refractivity contribution in [2.75, 3.05) is 31.8 Å². The molecule has 286 valence electrons. The van der Waals surface area contributed by atoms with Crippen LogP contribution < -0.4 is 10.2 Å². The van der Waals surface area contributed by atoms with Gasteiger partial charge >= 0.3 is 5.97 Å². The van der Waals surface area contributed by atoms with Crippen LogP contribution in [0.4, 0.5) is 5.69 Å². The minimum Gasteiger partial charge on any atom is -0.455 e. The number of halogens is 2. The molecule has 13 heteroatoms. The van der Waals surface area contributed by atoms with Crippen molar-refractivity contribution in [3.63, 3.8) is 0 Å². The number of carbonyl (C=O) groups is 4. The number of hydrogen-bond donors (Lipinski definition) is 2. The van der Waals surface area contributed by atoms with Gasteiger partial charge < -0.3 is 34.4 Å². The summed E-state index contributed by atoms with van der Waals surface area (Å²) in [6.45, 7) is 11.2. The van der Waals surface area contributed by atoms with Crippen molar-refractivity contribution in [2.45, 2.75) is 80.3 Å². The number of esters is 1. The third-order valence-corrected chi connectivity index (χ3v) is 11.5. The lowest BCUT2D eigenvalue weighted by molar-refractivity contribution is -0.163. The molecule has 3 heterocycles. The van der Waals surface area contributed by atoms with E-state index < -0.39 is 77.0 Å². The highest BCUT2D eigenvalue weighted by Gasteiger charge is 2.77. The van der Waals surface area contributed by atoms with Crippen LogP contribution in [0, 0.1) is 17.8 Å². The van der Waals surface area contributed by atoms with Crippen LogP contribution in [0.25, 0.3) is 0 Å². The number of fused-ring (bicyclic) bond motifs is 1. The maximum absolute atomic E-state index is 15.0. The van der Waals surface area contributed by atoms with Gasteiger partial charge in [-0.1, -0.05) is 96.0 Å². The lowest BCUT2D eigenvalue weighted by atomic mass is 9.70. The number of allylic oxidation sites excluding steroid dienone is 1. The Hall–Kier alpha value is -3.55. The van der Waals surface area contributed by atoms with Crippen molar-refractivity contribution in [1.29, 1.82) is 0 Å². The minimum absolute atomic E-state index is 0.0313. The summed E-state index contributed by atoms with van der Waals surface area (Å²) < 4.78 is 18.6. The number of para-hydroxylation sites is 1. The monoisotopic (exact) mass is 813 g/mol. The molecular formula is C40H49BrClN3O8. The molecule has 2 bridgehead atoms. The van der Waals surface area contributed by atoms with E-state index in [-0.39, 0.29) is 37.8 Å². The fourth-order valence-corrected chi connectivity index (χ4v) is 9.39. The van der Waals surface area contributed by atoms with Gasteiger partial charge in [-0.25, -0.2) is 0 Å². The Bertz CT molecular complexity index is 1660. The first-order valence-corrected chi connectivity index (χ1v) is 19.3. The van der Waals surface area contributed by atoms with Gasteiger partial charge in [0.05, 0.1) is 53.9 Å². The standard InChI is InChI=1S/C40H49BrClN3O8/c1-6-8-18-31(47)43-29(23-51-5)34(25-14-10-9-11-15-25)52-39(50)32-33-37(48)45(26(22-46)20-24(3)4)36(40(33)21-27(41)35(32)53-40)38(49)44(19-7-2)30-17-13-12-16-28(30)42/h6-7,9-17,24,26-27,29,32-36,46H,1-2,8,18-23H2,3-5H3,(H,43,47)/t26-,27?,29+,32-,33+,34+,35-,36-,40+/m1/s1. The number of hydrogen-bond acceptors (Lipinski definition) is 8. The SMILES string of the molecule is C=CCCC(=O)N[C@@H](COC)[C@@H](OC(=O)[C@H]1[C@@H]2O[C@@]3(CC2Br)[C@@H]1C(=O)N([C@@H](CO)CC(C)C)[C@@H]3C(=O)N(CC=C)c1ccccc1Cl)c1ccccc1. The van der Waals surface area contributed by atoms with Gasteiger partial charge in [0, 0.05) is 24.9 Å². The molecule has 3 fully saturated rings. The first-order chi connectivity index (χ1) is 25.4. The largest absolute Gasteiger partial charge is 0.455 e. The van der Waals surface area contributed by atoms with Crippen LogP contribution in [0.5, 0.6) is 0 Å². The first kappa shape index (κ1) is 40.6. The number of amides is 3. The van der Waals surface area contributed by atoms with E-state index in [0.29, 0.717) is 29.1 Å². The number of aliphatic hydroxyl groups is 1. The van der Waals surface area contributed by atoms with Crippen molar-refractivity contribution >= 4 is 56.9 Å². The van der Waals surface area contributed by atoms with Gasteiger partial charge in [-0.2, -0.15) is 0 Å². The molecule has 0 saturated carbocycles. The van der Waals surface area contributed by atoms with E-state index in [1.54, 1.807) is 60.7 Å². The number of nitrogens with zero attached hydrogens (tertiary/aromatic N) is 2. The molecule has 0 radical (unpaired) electrons. The molecule has 2 N–H and O–H groups in total. The number of carbonyl (C=O) groups excluding carboxylic acids is 4. The Morgan fingerprint density at radius 3 is 2.47 bits per heavy atom. The predicted octanol–water partition coefficient (Wildman–Crippen LogP) is 5.40. The second-order valence-electron chi connectivity index (χ2n) is 14.3. The number of benzene rings is 2. The van der Waals surface area contributed by atoms with Crippen molar-refractivity contribution < 1.29 is 38.5 Å². The van der Waals surface area contributed by atoms with E-state index in [0.717, 1.165) is 0 Å².